The van der Waals surface area contributed by atoms with Crippen LogP contribution in [0.4, 0.5) is 5.69 Å². The van der Waals surface area contributed by atoms with E-state index in [1.807, 2.05) is 0 Å². The van der Waals surface area contributed by atoms with Gasteiger partial charge in [-0.1, -0.05) is 13.0 Å². The molecule has 0 aliphatic carbocycles. The number of amides is 1. The number of anilines is 1. The Morgan fingerprint density at radius 2 is 1.88 bits per heavy atom. The van der Waals surface area contributed by atoms with Gasteiger partial charge in [0.15, 0.2) is 10.8 Å². The zero-order chi connectivity index (χ0) is 30.8. The minimum atomic E-state index is -4.12. The van der Waals surface area contributed by atoms with E-state index in [1.165, 1.54) is 78.6 Å². The Kier molecular flexibility index (Phi) is 9.15. The summed E-state index contributed by atoms with van der Waals surface area (Å²) < 4.78 is 69.8. The highest BCUT2D eigenvalue weighted by molar-refractivity contribution is 7.92. The molecule has 13 nitrogen and oxygen atoms in total. The normalized spacial score (nSPS) is 18.5. The lowest BCUT2D eigenvalue weighted by atomic mass is 9.99. The number of fused-ring (bicyclic) bond motifs is 1. The van der Waals surface area contributed by atoms with E-state index >= 15 is 0 Å². The smallest absolute Gasteiger partial charge is 0.262 e. The van der Waals surface area contributed by atoms with E-state index in [4.69, 9.17) is 9.47 Å². The molecule has 2 aromatic carbocycles. The maximum atomic E-state index is 13.7. The first kappa shape index (κ1) is 31.3. The van der Waals surface area contributed by atoms with E-state index in [0.717, 1.165) is 4.31 Å². The maximum Gasteiger partial charge on any atom is 0.262 e. The summed E-state index contributed by atoms with van der Waals surface area (Å²) >= 11 is 0. The number of hydrogen-bond acceptors (Lipinski definition) is 9. The van der Waals surface area contributed by atoms with Gasteiger partial charge in [-0.3, -0.25) is 9.52 Å². The molecule has 0 unspecified atom stereocenters. The van der Waals surface area contributed by atoms with E-state index in [0.29, 0.717) is 5.75 Å². The molecule has 1 amide bonds. The summed E-state index contributed by atoms with van der Waals surface area (Å²) in [6.45, 7) is 3.21. The van der Waals surface area contributed by atoms with Crippen LogP contribution in [0.3, 0.4) is 0 Å². The second-order valence-corrected chi connectivity index (χ2v) is 13.9. The molecule has 1 aromatic heterocycles. The van der Waals surface area contributed by atoms with E-state index in [2.05, 4.69) is 9.71 Å². The molecule has 0 spiro atoms. The molecule has 0 bridgehead atoms. The topological polar surface area (TPSA) is 160 Å². The highest BCUT2D eigenvalue weighted by Crippen LogP contribution is 2.36. The Bertz CT molecular complexity index is 1640. The summed E-state index contributed by atoms with van der Waals surface area (Å²) in [5.74, 6) is -0.456. The molecule has 0 fully saturated rings. The van der Waals surface area contributed by atoms with Crippen molar-refractivity contribution in [1.82, 2.24) is 18.8 Å². The quantitative estimate of drug-likeness (QED) is 0.344. The largest absolute Gasteiger partial charge is 0.497 e. The van der Waals surface area contributed by atoms with Gasteiger partial charge in [-0.25, -0.2) is 21.8 Å². The SMILES string of the molecule is COc1ccc(S(=O)(=O)Nc2cccc3c2O[C@H](CN(C)S(=O)(=O)c2cn(C)cn2)[C@H](C)CN([C@H](C)CO)C3=O)cc1. The molecule has 4 rings (SSSR count). The number of para-hydroxylation sites is 1. The Hall–Kier alpha value is -3.66. The molecule has 2 N–H and O–H groups in total. The number of aliphatic hydroxyl groups is 1. The van der Waals surface area contributed by atoms with Crippen LogP contribution in [-0.4, -0.2) is 92.6 Å². The lowest BCUT2D eigenvalue weighted by Gasteiger charge is -2.38. The van der Waals surface area contributed by atoms with Crippen molar-refractivity contribution in [2.24, 2.45) is 13.0 Å². The fourth-order valence-electron chi connectivity index (χ4n) is 4.53. The number of carbonyl (C=O) groups is 1. The maximum absolute atomic E-state index is 13.7. The first-order chi connectivity index (χ1) is 19.8. The number of nitrogens with zero attached hydrogens (tertiary/aromatic N) is 4. The van der Waals surface area contributed by atoms with Crippen LogP contribution < -0.4 is 14.2 Å². The van der Waals surface area contributed by atoms with Gasteiger partial charge >= 0.3 is 0 Å². The minimum absolute atomic E-state index is 0.00241. The molecule has 0 saturated carbocycles. The van der Waals surface area contributed by atoms with Crippen LogP contribution in [0.25, 0.3) is 0 Å². The van der Waals surface area contributed by atoms with Crippen LogP contribution in [0, 0.1) is 5.92 Å². The van der Waals surface area contributed by atoms with Crippen LogP contribution in [-0.2, 0) is 27.1 Å². The van der Waals surface area contributed by atoms with Crippen molar-refractivity contribution in [2.75, 3.05) is 38.6 Å². The number of carbonyl (C=O) groups excluding carboxylic acids is 1. The van der Waals surface area contributed by atoms with Crippen LogP contribution in [0.5, 0.6) is 11.5 Å². The summed E-state index contributed by atoms with van der Waals surface area (Å²) in [5.41, 5.74) is 0.0694. The number of imidazole rings is 1. The summed E-state index contributed by atoms with van der Waals surface area (Å²) in [6, 6.07) is 9.69. The zero-order valence-electron chi connectivity index (χ0n) is 24.0. The van der Waals surface area contributed by atoms with Gasteiger partial charge in [0.05, 0.1) is 48.8 Å². The molecular weight excluding hydrogens is 586 g/mol. The lowest BCUT2D eigenvalue weighted by molar-refractivity contribution is 0.0389. The van der Waals surface area contributed by atoms with E-state index < -0.39 is 44.0 Å². The Balaban J connectivity index is 1.75. The Labute approximate surface area is 245 Å². The summed E-state index contributed by atoms with van der Waals surface area (Å²) in [4.78, 5) is 19.1. The van der Waals surface area contributed by atoms with Gasteiger partial charge in [0.2, 0.25) is 0 Å². The average Bonchev–Trinajstić information content (AvgIpc) is 3.41. The zero-order valence-corrected chi connectivity index (χ0v) is 25.6. The number of methoxy groups -OCH3 is 1. The predicted octanol–water partition coefficient (Wildman–Crippen LogP) is 1.77. The van der Waals surface area contributed by atoms with Crippen LogP contribution >= 0.6 is 0 Å². The van der Waals surface area contributed by atoms with Gasteiger partial charge < -0.3 is 24.0 Å². The number of nitrogens with one attached hydrogen (secondary N) is 1. The van der Waals surface area contributed by atoms with Gasteiger partial charge in [0, 0.05) is 32.8 Å². The molecular formula is C27H35N5O8S2. The monoisotopic (exact) mass is 621 g/mol. The average molecular weight is 622 g/mol. The number of ether oxygens (including phenoxy) is 2. The first-order valence-corrected chi connectivity index (χ1v) is 16.0. The number of aromatic nitrogens is 2. The molecule has 15 heteroatoms. The molecule has 42 heavy (non-hydrogen) atoms. The van der Waals surface area contributed by atoms with Gasteiger partial charge in [0.25, 0.3) is 26.0 Å². The fraction of sp³-hybridized carbons (Fsp3) is 0.407. The molecule has 3 atom stereocenters. The summed E-state index contributed by atoms with van der Waals surface area (Å²) in [5, 5.41) is 9.76. The van der Waals surface area contributed by atoms with E-state index in [1.54, 1.807) is 20.9 Å². The number of rotatable bonds is 10. The number of hydrogen-bond donors (Lipinski definition) is 2. The molecule has 1 aliphatic heterocycles. The number of likely N-dealkylation sites (N-methyl/N-ethyl adjacent to an activating group) is 1. The second-order valence-electron chi connectivity index (χ2n) is 10.2. The third-order valence-corrected chi connectivity index (χ3v) is 10.2. The summed E-state index contributed by atoms with van der Waals surface area (Å²) in [7, 11) is -3.58. The first-order valence-electron chi connectivity index (χ1n) is 13.1. The standard InChI is InChI=1S/C27H35N5O8S2/c1-18-13-32(19(2)16-33)27(34)22-7-6-8-23(29-41(35,36)21-11-9-20(39-5)10-12-21)26(22)40-24(18)14-31(4)42(37,38)25-15-30(3)17-28-25/h6-12,15,17-19,24,29,33H,13-14,16H2,1-5H3/t18-,19-,24-/m1/s1. The third-order valence-electron chi connectivity index (χ3n) is 7.10. The molecule has 1 aliphatic rings. The van der Waals surface area contributed by atoms with Gasteiger partial charge in [-0.2, -0.15) is 4.31 Å². The molecule has 2 heterocycles. The molecule has 0 saturated heterocycles. The van der Waals surface area contributed by atoms with Crippen molar-refractivity contribution in [3.63, 3.8) is 0 Å². The van der Waals surface area contributed by atoms with Crippen molar-refractivity contribution in [1.29, 1.82) is 0 Å². The van der Waals surface area contributed by atoms with E-state index in [9.17, 15) is 26.7 Å². The number of aliphatic hydroxyl groups excluding tert-OH is 1. The van der Waals surface area contributed by atoms with Crippen molar-refractivity contribution < 1.29 is 36.2 Å². The van der Waals surface area contributed by atoms with Crippen molar-refractivity contribution in [2.45, 2.75) is 35.9 Å². The number of aryl methyl sites for hydroxylation is 1. The molecule has 228 valence electrons. The summed E-state index contributed by atoms with van der Waals surface area (Å²) in [6.07, 6.45) is 1.95. The lowest BCUT2D eigenvalue weighted by Crippen LogP contribution is -2.50. The minimum Gasteiger partial charge on any atom is -0.497 e. The highest BCUT2D eigenvalue weighted by Gasteiger charge is 2.37. The van der Waals surface area contributed by atoms with Crippen LogP contribution in [0.1, 0.15) is 24.2 Å². The van der Waals surface area contributed by atoms with Crippen LogP contribution in [0.15, 0.2) is 64.9 Å². The van der Waals surface area contributed by atoms with Gasteiger partial charge in [0.1, 0.15) is 11.9 Å². The van der Waals surface area contributed by atoms with Crippen molar-refractivity contribution in [3.8, 4) is 11.5 Å². The predicted molar refractivity (Wildman–Crippen MR) is 154 cm³/mol. The van der Waals surface area contributed by atoms with Crippen molar-refractivity contribution >= 4 is 31.6 Å². The molecule has 0 radical (unpaired) electrons. The number of sulfonamides is 2. The van der Waals surface area contributed by atoms with Crippen LogP contribution in [0.2, 0.25) is 0 Å². The number of benzene rings is 2. The van der Waals surface area contributed by atoms with Gasteiger partial charge in [-0.15, -0.1) is 0 Å². The third kappa shape index (κ3) is 6.38. The van der Waals surface area contributed by atoms with Gasteiger partial charge in [-0.05, 0) is 43.3 Å². The Morgan fingerprint density at radius 3 is 2.48 bits per heavy atom. The highest BCUT2D eigenvalue weighted by atomic mass is 32.2. The molecule has 3 aromatic rings. The van der Waals surface area contributed by atoms with Crippen molar-refractivity contribution in [3.05, 3.63) is 60.6 Å². The Morgan fingerprint density at radius 1 is 1.19 bits per heavy atom. The van der Waals surface area contributed by atoms with E-state index in [-0.39, 0.29) is 46.6 Å². The second kappa shape index (κ2) is 12.3. The fourth-order valence-corrected chi connectivity index (χ4v) is 6.74.